The molecule has 2 aliphatic heterocycles. The number of nitrogens with zero attached hydrogens (tertiary/aromatic N) is 1. The smallest absolute Gasteiger partial charge is 0.228 e. The van der Waals surface area contributed by atoms with Crippen molar-refractivity contribution in [3.63, 3.8) is 0 Å². The molecule has 0 aromatic heterocycles. The summed E-state index contributed by atoms with van der Waals surface area (Å²) in [6.07, 6.45) is -4.91. The van der Waals surface area contributed by atoms with Crippen molar-refractivity contribution < 1.29 is 44.5 Å². The third kappa shape index (κ3) is 9.97. The van der Waals surface area contributed by atoms with Crippen LogP contribution in [0.25, 0.3) is 0 Å². The number of ether oxygens (including phenoxy) is 3. The Morgan fingerprint density at radius 3 is 2.40 bits per heavy atom. The molecule has 0 radical (unpaired) electrons. The lowest BCUT2D eigenvalue weighted by atomic mass is 9.81. The van der Waals surface area contributed by atoms with Gasteiger partial charge in [0.05, 0.1) is 48.6 Å². The fourth-order valence-corrected chi connectivity index (χ4v) is 4.97. The minimum Gasteiger partial charge on any atom is -0.393 e. The Kier molecular flexibility index (Phi) is 13.4. The molecule has 0 bridgehead atoms. The summed E-state index contributed by atoms with van der Waals surface area (Å²) < 4.78 is 18.0. The summed E-state index contributed by atoms with van der Waals surface area (Å²) in [4.78, 5) is 15.2. The van der Waals surface area contributed by atoms with E-state index in [4.69, 9.17) is 19.9 Å². The first-order valence-electron chi connectivity index (χ1n) is 14.3. The van der Waals surface area contributed by atoms with Crippen LogP contribution in [0.4, 0.5) is 0 Å². The summed E-state index contributed by atoms with van der Waals surface area (Å²) in [5.74, 6) is -3.34. The number of rotatable bonds is 13. The molecule has 12 heteroatoms. The number of hydrogen-bond donors (Lipinski definition) is 7. The number of carbonyl (C=O) groups is 1. The number of nitrogens with two attached hydrogens (primary N) is 1. The molecule has 0 saturated carbocycles. The fraction of sp³-hybridized carbons (Fsp3) is 0.893. The highest BCUT2D eigenvalue weighted by atomic mass is 16.7. The van der Waals surface area contributed by atoms with Gasteiger partial charge in [-0.25, -0.2) is 0 Å². The molecule has 2 rings (SSSR count). The maximum absolute atomic E-state index is 13.3. The Morgan fingerprint density at radius 1 is 1.18 bits per heavy atom. The van der Waals surface area contributed by atoms with E-state index in [1.165, 1.54) is 0 Å². The number of allylic oxidation sites excluding steroid dienone is 1. The highest BCUT2D eigenvalue weighted by Gasteiger charge is 2.50. The highest BCUT2D eigenvalue weighted by molar-refractivity contribution is 5.80. The molecule has 8 N–H and O–H groups in total. The van der Waals surface area contributed by atoms with E-state index in [1.54, 1.807) is 13.0 Å². The van der Waals surface area contributed by atoms with Crippen LogP contribution in [0.1, 0.15) is 53.9 Å². The van der Waals surface area contributed by atoms with Gasteiger partial charge in [-0.05, 0) is 32.9 Å². The normalized spacial score (nSPS) is 36.9. The van der Waals surface area contributed by atoms with E-state index in [-0.39, 0.29) is 31.1 Å². The first kappa shape index (κ1) is 35.0. The van der Waals surface area contributed by atoms with Gasteiger partial charge < -0.3 is 55.7 Å². The van der Waals surface area contributed by atoms with Crippen molar-refractivity contribution in [2.75, 3.05) is 27.2 Å². The minimum absolute atomic E-state index is 0.0187. The van der Waals surface area contributed by atoms with Gasteiger partial charge in [-0.3, -0.25) is 4.79 Å². The lowest BCUT2D eigenvalue weighted by molar-refractivity contribution is -0.307. The van der Waals surface area contributed by atoms with Crippen molar-refractivity contribution in [2.45, 2.75) is 115 Å². The molecule has 12 nitrogen and oxygen atoms in total. The number of nitrogens with one attached hydrogen (secondary N) is 1. The molecular weight excluding hydrogens is 522 g/mol. The van der Waals surface area contributed by atoms with Crippen LogP contribution in [0.2, 0.25) is 0 Å². The molecule has 1 amide bonds. The topological polar surface area (TPSA) is 187 Å². The number of carbonyl (C=O) groups excluding carboxylic acids is 1. The highest BCUT2D eigenvalue weighted by Crippen LogP contribution is 2.38. The molecule has 40 heavy (non-hydrogen) atoms. The SMILES string of the molecule is CC(C)/C=C/[C@@H](C[C@@H]1O[C@](O)(C[C@@H](O)C(C)C)C[C@H](O)[C@H]1C(=O)NCCN(C)C)OC1OC(C)C(O)C(N)C1O. The predicted molar refractivity (Wildman–Crippen MR) is 149 cm³/mol. The molecule has 2 heterocycles. The lowest BCUT2D eigenvalue weighted by Crippen LogP contribution is -2.62. The van der Waals surface area contributed by atoms with Crippen molar-refractivity contribution in [1.82, 2.24) is 10.2 Å². The van der Waals surface area contributed by atoms with E-state index in [1.807, 2.05) is 52.8 Å². The zero-order valence-electron chi connectivity index (χ0n) is 25.0. The van der Waals surface area contributed by atoms with Crippen LogP contribution < -0.4 is 11.1 Å². The van der Waals surface area contributed by atoms with Crippen molar-refractivity contribution in [3.8, 4) is 0 Å². The minimum atomic E-state index is -1.87. The second-order valence-corrected chi connectivity index (χ2v) is 12.3. The average molecular weight is 576 g/mol. The summed E-state index contributed by atoms with van der Waals surface area (Å²) >= 11 is 0. The van der Waals surface area contributed by atoms with Crippen LogP contribution in [0.5, 0.6) is 0 Å². The maximum atomic E-state index is 13.3. The van der Waals surface area contributed by atoms with Gasteiger partial charge in [-0.2, -0.15) is 0 Å². The molecule has 2 fully saturated rings. The van der Waals surface area contributed by atoms with Gasteiger partial charge in [-0.15, -0.1) is 0 Å². The van der Waals surface area contributed by atoms with Gasteiger partial charge >= 0.3 is 0 Å². The number of aliphatic hydroxyl groups is 5. The zero-order valence-corrected chi connectivity index (χ0v) is 25.0. The quantitative estimate of drug-likeness (QED) is 0.138. The summed E-state index contributed by atoms with van der Waals surface area (Å²) in [7, 11) is 3.76. The molecular formula is C28H53N3O9. The Balaban J connectivity index is 2.35. The van der Waals surface area contributed by atoms with Crippen molar-refractivity contribution in [3.05, 3.63) is 12.2 Å². The van der Waals surface area contributed by atoms with Crippen LogP contribution in [0, 0.1) is 17.8 Å². The fourth-order valence-electron chi connectivity index (χ4n) is 4.97. The van der Waals surface area contributed by atoms with E-state index in [9.17, 15) is 30.3 Å². The standard InChI is InChI=1S/C28H53N3O9/c1-15(2)8-9-18(39-27-25(35)23(29)24(34)17(5)38-27)12-21-22(26(36)30-10-11-31(6)7)20(33)14-28(37,40-21)13-19(32)16(3)4/h8-9,15-25,27,32-35,37H,10-14,29H2,1-7H3,(H,30,36)/b9-8+/t17?,18-,19+,20-,21-,22+,23?,24?,25?,27?,28+/m0/s1. The Bertz CT molecular complexity index is 814. The molecule has 5 unspecified atom stereocenters. The Morgan fingerprint density at radius 2 is 1.82 bits per heavy atom. The summed E-state index contributed by atoms with van der Waals surface area (Å²) in [6, 6.07) is -0.992. The van der Waals surface area contributed by atoms with E-state index in [0.29, 0.717) is 13.1 Å². The van der Waals surface area contributed by atoms with E-state index in [2.05, 4.69) is 5.32 Å². The second-order valence-electron chi connectivity index (χ2n) is 12.3. The first-order valence-corrected chi connectivity index (χ1v) is 14.3. The summed E-state index contributed by atoms with van der Waals surface area (Å²) in [5, 5.41) is 56.6. The second kappa shape index (κ2) is 15.3. The van der Waals surface area contributed by atoms with Gasteiger partial charge in [0.25, 0.3) is 0 Å². The molecule has 0 aromatic carbocycles. The summed E-state index contributed by atoms with van der Waals surface area (Å²) in [5.41, 5.74) is 5.99. The molecule has 2 aliphatic rings. The van der Waals surface area contributed by atoms with Crippen LogP contribution >= 0.6 is 0 Å². The van der Waals surface area contributed by atoms with E-state index in [0.717, 1.165) is 0 Å². The van der Waals surface area contributed by atoms with Gasteiger partial charge in [-0.1, -0.05) is 39.8 Å². The molecule has 0 aliphatic carbocycles. The number of hydrogen-bond acceptors (Lipinski definition) is 11. The van der Waals surface area contributed by atoms with Crippen molar-refractivity contribution in [2.24, 2.45) is 23.5 Å². The first-order chi connectivity index (χ1) is 18.5. The Hall–Kier alpha value is -1.19. The Labute approximate surface area is 238 Å². The third-order valence-electron chi connectivity index (χ3n) is 7.55. The van der Waals surface area contributed by atoms with Crippen LogP contribution in [0.3, 0.4) is 0 Å². The van der Waals surface area contributed by atoms with E-state index >= 15 is 0 Å². The number of amides is 1. The van der Waals surface area contributed by atoms with Gasteiger partial charge in [0.1, 0.15) is 6.10 Å². The van der Waals surface area contributed by atoms with Crippen LogP contribution in [-0.2, 0) is 19.0 Å². The van der Waals surface area contributed by atoms with Crippen LogP contribution in [0.15, 0.2) is 12.2 Å². The molecule has 234 valence electrons. The lowest BCUT2D eigenvalue weighted by Gasteiger charge is -2.46. The van der Waals surface area contributed by atoms with E-state index < -0.39 is 72.7 Å². The van der Waals surface area contributed by atoms with Crippen molar-refractivity contribution in [1.29, 1.82) is 0 Å². The molecule has 0 aromatic rings. The number of aliphatic hydroxyl groups excluding tert-OH is 4. The van der Waals surface area contributed by atoms with Gasteiger partial charge in [0, 0.05) is 32.4 Å². The van der Waals surface area contributed by atoms with Gasteiger partial charge in [0.15, 0.2) is 12.1 Å². The van der Waals surface area contributed by atoms with Gasteiger partial charge in [0.2, 0.25) is 5.91 Å². The predicted octanol–water partition coefficient (Wildman–Crippen LogP) is -0.693. The maximum Gasteiger partial charge on any atom is 0.228 e. The van der Waals surface area contributed by atoms with Crippen molar-refractivity contribution >= 4 is 5.91 Å². The molecule has 11 atom stereocenters. The average Bonchev–Trinajstić information content (AvgIpc) is 2.83. The zero-order chi connectivity index (χ0) is 30.4. The monoisotopic (exact) mass is 575 g/mol. The number of likely N-dealkylation sites (N-methyl/N-ethyl adjacent to an activating group) is 1. The molecule has 2 saturated heterocycles. The third-order valence-corrected chi connectivity index (χ3v) is 7.55. The summed E-state index contributed by atoms with van der Waals surface area (Å²) in [6.45, 7) is 10.1. The van der Waals surface area contributed by atoms with Crippen LogP contribution in [-0.4, -0.2) is 124 Å². The molecule has 0 spiro atoms. The largest absolute Gasteiger partial charge is 0.393 e.